The van der Waals surface area contributed by atoms with E-state index in [1.807, 2.05) is 5.38 Å². The van der Waals surface area contributed by atoms with Gasteiger partial charge in [0.25, 0.3) is 5.91 Å². The minimum absolute atomic E-state index is 0.0504. The van der Waals surface area contributed by atoms with E-state index in [0.29, 0.717) is 6.54 Å². The third-order valence-electron chi connectivity index (χ3n) is 1.60. The number of thiazole rings is 1. The summed E-state index contributed by atoms with van der Waals surface area (Å²) in [4.78, 5) is 19.1. The van der Waals surface area contributed by atoms with Gasteiger partial charge in [-0.05, 0) is 0 Å². The van der Waals surface area contributed by atoms with E-state index >= 15 is 0 Å². The summed E-state index contributed by atoms with van der Waals surface area (Å²) in [6.07, 6.45) is 1.68. The molecule has 15 heavy (non-hydrogen) atoms. The lowest BCUT2D eigenvalue weighted by molar-refractivity contribution is 0.0941. The van der Waals surface area contributed by atoms with Gasteiger partial charge in [0.15, 0.2) is 0 Å². The lowest BCUT2D eigenvalue weighted by Gasteiger charge is -1.98. The lowest BCUT2D eigenvalue weighted by Crippen LogP contribution is -2.23. The van der Waals surface area contributed by atoms with Crippen LogP contribution in [0.3, 0.4) is 0 Å². The highest BCUT2D eigenvalue weighted by Gasteiger charge is 2.10. The molecule has 0 aromatic carbocycles. The van der Waals surface area contributed by atoms with Crippen molar-refractivity contribution in [2.24, 2.45) is 0 Å². The summed E-state index contributed by atoms with van der Waals surface area (Å²) in [5, 5.41) is 11.3. The molecule has 0 radical (unpaired) electrons. The van der Waals surface area contributed by atoms with Crippen molar-refractivity contribution in [1.82, 2.24) is 25.5 Å². The predicted molar refractivity (Wildman–Crippen MR) is 54.1 cm³/mol. The maximum Gasteiger partial charge on any atom is 0.289 e. The highest BCUT2D eigenvalue weighted by Crippen LogP contribution is 2.03. The van der Waals surface area contributed by atoms with E-state index in [4.69, 9.17) is 5.73 Å². The maximum atomic E-state index is 11.4. The van der Waals surface area contributed by atoms with Crippen LogP contribution in [0.4, 0.5) is 5.95 Å². The Bertz CT molecular complexity index is 450. The van der Waals surface area contributed by atoms with Crippen molar-refractivity contribution in [2.45, 2.75) is 6.54 Å². The number of H-pyrrole nitrogens is 1. The summed E-state index contributed by atoms with van der Waals surface area (Å²) in [7, 11) is 0. The van der Waals surface area contributed by atoms with Gasteiger partial charge in [-0.2, -0.15) is 4.98 Å². The number of nitrogen functional groups attached to an aromatic ring is 1. The molecule has 0 aliphatic heterocycles. The third kappa shape index (κ3) is 2.29. The zero-order valence-electron chi connectivity index (χ0n) is 7.60. The van der Waals surface area contributed by atoms with Crippen molar-refractivity contribution in [3.63, 3.8) is 0 Å². The van der Waals surface area contributed by atoms with E-state index in [2.05, 4.69) is 25.5 Å². The fraction of sp³-hybridized carbons (Fsp3) is 0.143. The molecule has 0 aliphatic carbocycles. The molecule has 4 N–H and O–H groups in total. The Morgan fingerprint density at radius 3 is 3.13 bits per heavy atom. The Balaban J connectivity index is 1.93. The molecule has 0 saturated heterocycles. The van der Waals surface area contributed by atoms with Gasteiger partial charge in [0.1, 0.15) is 5.01 Å². The van der Waals surface area contributed by atoms with Gasteiger partial charge in [0, 0.05) is 11.6 Å². The number of nitrogens with two attached hydrogens (primary N) is 1. The molecule has 2 rings (SSSR count). The van der Waals surface area contributed by atoms with E-state index in [1.54, 1.807) is 6.20 Å². The van der Waals surface area contributed by atoms with Crippen molar-refractivity contribution in [1.29, 1.82) is 0 Å². The normalized spacial score (nSPS) is 10.1. The minimum atomic E-state index is -0.352. The monoisotopic (exact) mass is 224 g/mol. The summed E-state index contributed by atoms with van der Waals surface area (Å²) < 4.78 is 0. The van der Waals surface area contributed by atoms with Crippen molar-refractivity contribution >= 4 is 23.2 Å². The lowest BCUT2D eigenvalue weighted by atomic mass is 10.5. The second kappa shape index (κ2) is 4.05. The van der Waals surface area contributed by atoms with Crippen LogP contribution in [0.15, 0.2) is 11.6 Å². The van der Waals surface area contributed by atoms with Gasteiger partial charge in [-0.15, -0.1) is 16.4 Å². The number of carbonyl (C=O) groups excluding carboxylic acids is 1. The minimum Gasteiger partial charge on any atom is -0.366 e. The number of nitrogens with zero attached hydrogens (tertiary/aromatic N) is 3. The Hall–Kier alpha value is -1.96. The zero-order valence-corrected chi connectivity index (χ0v) is 8.41. The number of hydrogen-bond donors (Lipinski definition) is 3. The van der Waals surface area contributed by atoms with Crippen molar-refractivity contribution in [3.8, 4) is 0 Å². The molecule has 0 fully saturated rings. The highest BCUT2D eigenvalue weighted by atomic mass is 32.1. The van der Waals surface area contributed by atoms with E-state index in [-0.39, 0.29) is 17.7 Å². The number of rotatable bonds is 3. The van der Waals surface area contributed by atoms with Gasteiger partial charge < -0.3 is 11.1 Å². The van der Waals surface area contributed by atoms with Gasteiger partial charge >= 0.3 is 0 Å². The quantitative estimate of drug-likeness (QED) is 0.667. The van der Waals surface area contributed by atoms with Crippen molar-refractivity contribution < 1.29 is 4.79 Å². The van der Waals surface area contributed by atoms with E-state index in [1.165, 1.54) is 11.3 Å². The molecular formula is C7H8N6OS. The second-order valence-electron chi connectivity index (χ2n) is 2.65. The van der Waals surface area contributed by atoms with E-state index in [0.717, 1.165) is 5.01 Å². The standard InChI is InChI=1S/C7H8N6OS/c8-7-11-5(12-13-7)6(14)10-3-4-9-1-2-15-4/h1-2H,3H2,(H,10,14)(H3,8,11,12,13). The molecule has 0 atom stereocenters. The number of nitrogens with one attached hydrogen (secondary N) is 2. The maximum absolute atomic E-state index is 11.4. The van der Waals surface area contributed by atoms with E-state index < -0.39 is 0 Å². The van der Waals surface area contributed by atoms with Crippen LogP contribution in [-0.4, -0.2) is 26.1 Å². The fourth-order valence-electron chi connectivity index (χ4n) is 0.956. The Kier molecular flexibility index (Phi) is 2.59. The molecule has 0 bridgehead atoms. The van der Waals surface area contributed by atoms with Crippen LogP contribution in [0.1, 0.15) is 15.6 Å². The summed E-state index contributed by atoms with van der Waals surface area (Å²) in [6.45, 7) is 0.372. The number of aromatic nitrogens is 4. The number of hydrogen-bond acceptors (Lipinski definition) is 6. The molecule has 0 unspecified atom stereocenters. The number of aromatic amines is 1. The van der Waals surface area contributed by atoms with Crippen LogP contribution < -0.4 is 11.1 Å². The molecule has 2 aromatic rings. The Labute approximate surface area is 88.7 Å². The zero-order chi connectivity index (χ0) is 10.7. The van der Waals surface area contributed by atoms with Gasteiger partial charge in [-0.25, -0.2) is 4.98 Å². The number of amides is 1. The predicted octanol–water partition coefficient (Wildman–Crippen LogP) is -0.227. The van der Waals surface area contributed by atoms with Gasteiger partial charge in [0.2, 0.25) is 11.8 Å². The van der Waals surface area contributed by atoms with Crippen LogP contribution in [0.5, 0.6) is 0 Å². The Morgan fingerprint density at radius 1 is 1.67 bits per heavy atom. The summed E-state index contributed by atoms with van der Waals surface area (Å²) in [5.74, 6) is -0.201. The smallest absolute Gasteiger partial charge is 0.289 e. The van der Waals surface area contributed by atoms with Crippen molar-refractivity contribution in [3.05, 3.63) is 22.4 Å². The molecule has 0 spiro atoms. The first kappa shape index (κ1) is 9.59. The summed E-state index contributed by atoms with van der Waals surface area (Å²) in [5.41, 5.74) is 5.26. The number of anilines is 1. The molecule has 78 valence electrons. The molecule has 0 saturated carbocycles. The molecule has 0 aliphatic rings. The van der Waals surface area contributed by atoms with Crippen LogP contribution in [0.2, 0.25) is 0 Å². The van der Waals surface area contributed by atoms with Crippen LogP contribution in [-0.2, 0) is 6.54 Å². The molecule has 8 heteroatoms. The molecular weight excluding hydrogens is 216 g/mol. The first-order chi connectivity index (χ1) is 7.25. The topological polar surface area (TPSA) is 110 Å². The van der Waals surface area contributed by atoms with Crippen molar-refractivity contribution in [2.75, 3.05) is 5.73 Å². The molecule has 7 nitrogen and oxygen atoms in total. The molecule has 2 aromatic heterocycles. The number of carbonyl (C=O) groups is 1. The average molecular weight is 224 g/mol. The van der Waals surface area contributed by atoms with Crippen LogP contribution in [0.25, 0.3) is 0 Å². The molecule has 1 amide bonds. The Morgan fingerprint density at radius 2 is 2.53 bits per heavy atom. The largest absolute Gasteiger partial charge is 0.366 e. The first-order valence-corrected chi connectivity index (χ1v) is 4.98. The fourth-order valence-corrected chi connectivity index (χ4v) is 1.51. The first-order valence-electron chi connectivity index (χ1n) is 4.10. The van der Waals surface area contributed by atoms with Gasteiger partial charge in [-0.3, -0.25) is 9.89 Å². The van der Waals surface area contributed by atoms with Gasteiger partial charge in [0.05, 0.1) is 6.54 Å². The SMILES string of the molecule is Nc1n[nH]c(C(=O)NCc2nccs2)n1. The highest BCUT2D eigenvalue weighted by molar-refractivity contribution is 7.09. The summed E-state index contributed by atoms with van der Waals surface area (Å²) in [6, 6.07) is 0. The van der Waals surface area contributed by atoms with E-state index in [9.17, 15) is 4.79 Å². The van der Waals surface area contributed by atoms with Gasteiger partial charge in [-0.1, -0.05) is 0 Å². The van der Waals surface area contributed by atoms with Crippen LogP contribution >= 0.6 is 11.3 Å². The molecule has 2 heterocycles. The van der Waals surface area contributed by atoms with Crippen LogP contribution in [0, 0.1) is 0 Å². The summed E-state index contributed by atoms with van der Waals surface area (Å²) >= 11 is 1.47. The third-order valence-corrected chi connectivity index (χ3v) is 2.38. The second-order valence-corrected chi connectivity index (χ2v) is 3.63. The average Bonchev–Trinajstić information content (AvgIpc) is 2.84.